The third kappa shape index (κ3) is 3.72. The molecular formula is C26H19FN4OS. The molecule has 33 heavy (non-hydrogen) atoms. The minimum absolute atomic E-state index is 0.128. The number of halogens is 1. The fourth-order valence-electron chi connectivity index (χ4n) is 3.84. The van der Waals surface area contributed by atoms with E-state index in [2.05, 4.69) is 4.98 Å². The van der Waals surface area contributed by atoms with E-state index in [1.165, 1.54) is 10.6 Å². The number of anilines is 1. The van der Waals surface area contributed by atoms with Crippen LogP contribution in [0.4, 0.5) is 10.2 Å². The van der Waals surface area contributed by atoms with Crippen molar-refractivity contribution in [1.29, 1.82) is 0 Å². The zero-order valence-electron chi connectivity index (χ0n) is 17.7. The third-order valence-corrected chi connectivity index (χ3v) is 5.73. The number of aromatic nitrogens is 3. The number of rotatable bonds is 4. The number of hydrogen-bond acceptors (Lipinski definition) is 5. The van der Waals surface area contributed by atoms with Gasteiger partial charge < -0.3 is 10.5 Å². The van der Waals surface area contributed by atoms with E-state index in [1.807, 2.05) is 60.7 Å². The predicted octanol–water partition coefficient (Wildman–Crippen LogP) is 6.21. The molecule has 0 aliphatic rings. The maximum atomic E-state index is 14.6. The number of nitrogens with two attached hydrogens (primary N) is 1. The Labute approximate surface area is 194 Å². The lowest BCUT2D eigenvalue weighted by Crippen LogP contribution is -2.10. The fraction of sp³-hybridized carbons (Fsp3) is 0.0385. The standard InChI is InChI=1S/C26H19FN4OS/c1-32-18-13-11-17(12-14-18)21-15-19(16-7-3-2-4-8-16)23-24(28)31(26(33)30-25(23)29-21)22-10-6-5-9-20(22)27/h2-15H,28H2,1H3. The number of pyridine rings is 1. The normalized spacial score (nSPS) is 11.0. The summed E-state index contributed by atoms with van der Waals surface area (Å²) in [7, 11) is 1.62. The summed E-state index contributed by atoms with van der Waals surface area (Å²) in [4.78, 5) is 9.32. The first kappa shape index (κ1) is 20.8. The van der Waals surface area contributed by atoms with Crippen LogP contribution in [0.15, 0.2) is 84.9 Å². The van der Waals surface area contributed by atoms with Crippen LogP contribution in [0.5, 0.6) is 5.75 Å². The molecule has 7 heteroatoms. The molecule has 0 fully saturated rings. The molecule has 2 N–H and O–H groups in total. The predicted molar refractivity (Wildman–Crippen MR) is 131 cm³/mol. The minimum atomic E-state index is -0.439. The van der Waals surface area contributed by atoms with Crippen molar-refractivity contribution < 1.29 is 9.13 Å². The number of nitrogens with zero attached hydrogens (tertiary/aromatic N) is 3. The van der Waals surface area contributed by atoms with Crippen molar-refractivity contribution >= 4 is 29.1 Å². The lowest BCUT2D eigenvalue weighted by atomic mass is 9.99. The summed E-state index contributed by atoms with van der Waals surface area (Å²) in [6.45, 7) is 0. The Bertz CT molecular complexity index is 1530. The Hall–Kier alpha value is -4.10. The van der Waals surface area contributed by atoms with Crippen LogP contribution < -0.4 is 10.5 Å². The van der Waals surface area contributed by atoms with Gasteiger partial charge in [0.1, 0.15) is 17.4 Å². The summed E-state index contributed by atoms with van der Waals surface area (Å²) in [5, 5.41) is 0.607. The first-order valence-electron chi connectivity index (χ1n) is 10.2. The quantitative estimate of drug-likeness (QED) is 0.327. The molecule has 0 aliphatic heterocycles. The molecule has 3 aromatic carbocycles. The molecule has 0 saturated heterocycles. The largest absolute Gasteiger partial charge is 0.497 e. The van der Waals surface area contributed by atoms with Gasteiger partial charge in [0.15, 0.2) is 5.65 Å². The Morgan fingerprint density at radius 2 is 1.58 bits per heavy atom. The summed E-state index contributed by atoms with van der Waals surface area (Å²) < 4.78 is 21.5. The number of fused-ring (bicyclic) bond motifs is 1. The maximum Gasteiger partial charge on any atom is 0.207 e. The number of hydrogen-bond donors (Lipinski definition) is 1. The van der Waals surface area contributed by atoms with Crippen LogP contribution in [0.3, 0.4) is 0 Å². The van der Waals surface area contributed by atoms with Crippen LogP contribution in [0.1, 0.15) is 0 Å². The van der Waals surface area contributed by atoms with Gasteiger partial charge >= 0.3 is 0 Å². The molecule has 5 nitrogen and oxygen atoms in total. The average Bonchev–Trinajstić information content (AvgIpc) is 2.85. The minimum Gasteiger partial charge on any atom is -0.497 e. The van der Waals surface area contributed by atoms with E-state index < -0.39 is 5.82 Å². The molecular weight excluding hydrogens is 435 g/mol. The summed E-state index contributed by atoms with van der Waals surface area (Å²) in [6, 6.07) is 25.7. The van der Waals surface area contributed by atoms with Gasteiger partial charge in [0.05, 0.1) is 23.9 Å². The molecule has 162 valence electrons. The highest BCUT2D eigenvalue weighted by Gasteiger charge is 2.18. The molecule has 0 unspecified atom stereocenters. The topological polar surface area (TPSA) is 66.0 Å². The summed E-state index contributed by atoms with van der Waals surface area (Å²) in [6.07, 6.45) is 0. The van der Waals surface area contributed by atoms with Gasteiger partial charge in [0, 0.05) is 5.56 Å². The average molecular weight is 455 g/mol. The molecule has 0 saturated carbocycles. The number of methoxy groups -OCH3 is 1. The van der Waals surface area contributed by atoms with Gasteiger partial charge in [-0.3, -0.25) is 4.57 Å². The number of ether oxygens (including phenoxy) is 1. The molecule has 5 aromatic rings. The van der Waals surface area contributed by atoms with Gasteiger partial charge in [-0.1, -0.05) is 42.5 Å². The van der Waals surface area contributed by atoms with Crippen LogP contribution >= 0.6 is 12.2 Å². The Kier molecular flexibility index (Phi) is 5.32. The van der Waals surface area contributed by atoms with Crippen molar-refractivity contribution in [2.24, 2.45) is 0 Å². The summed E-state index contributed by atoms with van der Waals surface area (Å²) in [5.41, 5.74) is 10.6. The second-order valence-corrected chi connectivity index (χ2v) is 7.78. The highest BCUT2D eigenvalue weighted by molar-refractivity contribution is 7.71. The van der Waals surface area contributed by atoms with E-state index in [4.69, 9.17) is 27.7 Å². The highest BCUT2D eigenvalue weighted by Crippen LogP contribution is 2.36. The van der Waals surface area contributed by atoms with Crippen molar-refractivity contribution in [1.82, 2.24) is 14.5 Å². The van der Waals surface area contributed by atoms with E-state index in [1.54, 1.807) is 25.3 Å². The van der Waals surface area contributed by atoms with Crippen LogP contribution in [-0.4, -0.2) is 21.6 Å². The Balaban J connectivity index is 1.84. The van der Waals surface area contributed by atoms with Gasteiger partial charge in [-0.2, -0.15) is 4.98 Å². The Morgan fingerprint density at radius 3 is 2.27 bits per heavy atom. The SMILES string of the molecule is COc1ccc(-c2cc(-c3ccccc3)c3c(N)n(-c4ccccc4F)c(=S)nc3n2)cc1. The van der Waals surface area contributed by atoms with E-state index in [0.29, 0.717) is 16.7 Å². The molecule has 5 rings (SSSR count). The molecule has 0 amide bonds. The zero-order chi connectivity index (χ0) is 22.9. The van der Waals surface area contributed by atoms with Crippen molar-refractivity contribution in [3.8, 4) is 33.8 Å². The number of nitrogen functional groups attached to an aromatic ring is 1. The zero-order valence-corrected chi connectivity index (χ0v) is 18.5. The van der Waals surface area contributed by atoms with E-state index in [0.717, 1.165) is 22.4 Å². The van der Waals surface area contributed by atoms with Crippen molar-refractivity contribution in [3.05, 3.63) is 95.5 Å². The van der Waals surface area contributed by atoms with Crippen LogP contribution in [-0.2, 0) is 0 Å². The molecule has 2 aromatic heterocycles. The number of benzene rings is 3. The summed E-state index contributed by atoms with van der Waals surface area (Å²) in [5.74, 6) is 0.595. The van der Waals surface area contributed by atoms with Crippen molar-refractivity contribution in [2.45, 2.75) is 0 Å². The third-order valence-electron chi connectivity index (χ3n) is 5.45. The van der Waals surface area contributed by atoms with E-state index in [-0.39, 0.29) is 16.3 Å². The highest BCUT2D eigenvalue weighted by atomic mass is 32.1. The maximum absolute atomic E-state index is 14.6. The van der Waals surface area contributed by atoms with Gasteiger partial charge in [0.2, 0.25) is 4.77 Å². The number of para-hydroxylation sites is 1. The lowest BCUT2D eigenvalue weighted by Gasteiger charge is -2.17. The van der Waals surface area contributed by atoms with E-state index in [9.17, 15) is 4.39 Å². The van der Waals surface area contributed by atoms with Gasteiger partial charge in [-0.05, 0) is 65.8 Å². The van der Waals surface area contributed by atoms with Gasteiger partial charge in [0.25, 0.3) is 0 Å². The van der Waals surface area contributed by atoms with Crippen molar-refractivity contribution in [3.63, 3.8) is 0 Å². The second-order valence-electron chi connectivity index (χ2n) is 7.41. The first-order valence-corrected chi connectivity index (χ1v) is 10.7. The molecule has 0 atom stereocenters. The molecule has 2 heterocycles. The summed E-state index contributed by atoms with van der Waals surface area (Å²) >= 11 is 5.51. The smallest absolute Gasteiger partial charge is 0.207 e. The molecule has 0 spiro atoms. The van der Waals surface area contributed by atoms with Crippen molar-refractivity contribution in [2.75, 3.05) is 12.8 Å². The van der Waals surface area contributed by atoms with E-state index >= 15 is 0 Å². The molecule has 0 radical (unpaired) electrons. The monoisotopic (exact) mass is 454 g/mol. The fourth-order valence-corrected chi connectivity index (χ4v) is 4.12. The lowest BCUT2D eigenvalue weighted by molar-refractivity contribution is 0.415. The Morgan fingerprint density at radius 1 is 0.879 bits per heavy atom. The molecule has 0 bridgehead atoms. The van der Waals surface area contributed by atoms with Gasteiger partial charge in [-0.15, -0.1) is 0 Å². The first-order chi connectivity index (χ1) is 16.1. The van der Waals surface area contributed by atoms with Crippen LogP contribution in [0.2, 0.25) is 0 Å². The van der Waals surface area contributed by atoms with Crippen LogP contribution in [0, 0.1) is 10.6 Å². The second kappa shape index (κ2) is 8.44. The molecule has 0 aliphatic carbocycles. The van der Waals surface area contributed by atoms with Gasteiger partial charge in [-0.25, -0.2) is 9.37 Å². The van der Waals surface area contributed by atoms with Crippen LogP contribution in [0.25, 0.3) is 39.1 Å².